The van der Waals surface area contributed by atoms with Gasteiger partial charge in [-0.25, -0.2) is 0 Å². The summed E-state index contributed by atoms with van der Waals surface area (Å²) in [6.45, 7) is 11.8. The summed E-state index contributed by atoms with van der Waals surface area (Å²) in [7, 11) is 0. The lowest BCUT2D eigenvalue weighted by Crippen LogP contribution is -2.45. The predicted molar refractivity (Wildman–Crippen MR) is 82.8 cm³/mol. The second-order valence-corrected chi connectivity index (χ2v) is 8.36. The van der Waals surface area contributed by atoms with Crippen molar-refractivity contribution in [1.29, 1.82) is 0 Å². The lowest BCUT2D eigenvalue weighted by molar-refractivity contribution is -0.0963. The van der Waals surface area contributed by atoms with Crippen molar-refractivity contribution in [3.05, 3.63) is 16.9 Å². The molecule has 0 bridgehead atoms. The molecule has 0 radical (unpaired) electrons. The zero-order valence-electron chi connectivity index (χ0n) is 13.3. The molecular weight excluding hydrogens is 272 g/mol. The van der Waals surface area contributed by atoms with Gasteiger partial charge in [0.15, 0.2) is 0 Å². The standard InChI is InChI=1S/C16H27ClN2O/c1-6-7-19-13(12(17)8-18-19)16(20)10-14(2,3)9-15(4,5)11-16/h8,20H,6-7,9-11H2,1-5H3. The first kappa shape index (κ1) is 15.8. The highest BCUT2D eigenvalue weighted by Gasteiger charge is 2.49. The Morgan fingerprint density at radius 2 is 1.75 bits per heavy atom. The number of aromatic nitrogens is 2. The van der Waals surface area contributed by atoms with Crippen LogP contribution in [0, 0.1) is 10.8 Å². The second kappa shape index (κ2) is 5.03. The van der Waals surface area contributed by atoms with Crippen molar-refractivity contribution in [1.82, 2.24) is 9.78 Å². The fourth-order valence-electron chi connectivity index (χ4n) is 4.44. The Kier molecular flexibility index (Phi) is 3.98. The van der Waals surface area contributed by atoms with Crippen LogP contribution in [0.3, 0.4) is 0 Å². The number of halogens is 1. The minimum atomic E-state index is -0.881. The van der Waals surface area contributed by atoms with Gasteiger partial charge in [0.25, 0.3) is 0 Å². The van der Waals surface area contributed by atoms with Gasteiger partial charge in [0.1, 0.15) is 5.60 Å². The van der Waals surface area contributed by atoms with Crippen LogP contribution in [0.1, 0.15) is 66.0 Å². The third kappa shape index (κ3) is 3.04. The first-order chi connectivity index (χ1) is 9.09. The van der Waals surface area contributed by atoms with Gasteiger partial charge in [-0.2, -0.15) is 5.10 Å². The molecule has 0 aromatic carbocycles. The zero-order chi connectivity index (χ0) is 15.2. The number of hydrogen-bond acceptors (Lipinski definition) is 2. The van der Waals surface area contributed by atoms with Crippen LogP contribution < -0.4 is 0 Å². The third-order valence-corrected chi connectivity index (χ3v) is 4.45. The predicted octanol–water partition coefficient (Wildman–Crippen LogP) is 4.37. The van der Waals surface area contributed by atoms with Crippen LogP contribution in [0.5, 0.6) is 0 Å². The van der Waals surface area contributed by atoms with E-state index in [2.05, 4.69) is 39.7 Å². The Morgan fingerprint density at radius 1 is 1.20 bits per heavy atom. The van der Waals surface area contributed by atoms with Crippen molar-refractivity contribution in [2.45, 2.75) is 72.4 Å². The SMILES string of the molecule is CCCn1ncc(Cl)c1C1(O)CC(C)(C)CC(C)(C)C1. The van der Waals surface area contributed by atoms with Crippen molar-refractivity contribution in [3.8, 4) is 0 Å². The Morgan fingerprint density at radius 3 is 2.25 bits per heavy atom. The second-order valence-electron chi connectivity index (χ2n) is 7.95. The van der Waals surface area contributed by atoms with Gasteiger partial charge in [-0.1, -0.05) is 46.2 Å². The lowest BCUT2D eigenvalue weighted by Gasteiger charge is -2.49. The molecule has 1 N–H and O–H groups in total. The molecule has 2 rings (SSSR count). The van der Waals surface area contributed by atoms with E-state index in [-0.39, 0.29) is 10.8 Å². The third-order valence-electron chi connectivity index (χ3n) is 4.17. The highest BCUT2D eigenvalue weighted by atomic mass is 35.5. The molecule has 0 aliphatic heterocycles. The summed E-state index contributed by atoms with van der Waals surface area (Å²) in [5.74, 6) is 0. The topological polar surface area (TPSA) is 38.0 Å². The summed E-state index contributed by atoms with van der Waals surface area (Å²) in [6.07, 6.45) is 5.23. The van der Waals surface area contributed by atoms with Gasteiger partial charge in [0.05, 0.1) is 16.9 Å². The number of hydrogen-bond donors (Lipinski definition) is 1. The van der Waals surface area contributed by atoms with Crippen molar-refractivity contribution in [2.75, 3.05) is 0 Å². The van der Waals surface area contributed by atoms with E-state index >= 15 is 0 Å². The highest BCUT2D eigenvalue weighted by molar-refractivity contribution is 6.31. The average molecular weight is 299 g/mol. The summed E-state index contributed by atoms with van der Waals surface area (Å²) in [6, 6.07) is 0. The van der Waals surface area contributed by atoms with Gasteiger partial charge in [0, 0.05) is 6.54 Å². The molecule has 1 aliphatic rings. The van der Waals surface area contributed by atoms with E-state index in [0.29, 0.717) is 5.02 Å². The van der Waals surface area contributed by atoms with E-state index in [4.69, 9.17) is 11.6 Å². The number of aliphatic hydroxyl groups is 1. The molecule has 0 spiro atoms. The van der Waals surface area contributed by atoms with E-state index < -0.39 is 5.60 Å². The largest absolute Gasteiger partial charge is 0.383 e. The van der Waals surface area contributed by atoms with Crippen LogP contribution in [0.2, 0.25) is 5.02 Å². The fourth-order valence-corrected chi connectivity index (χ4v) is 4.76. The van der Waals surface area contributed by atoms with E-state index in [1.807, 2.05) is 4.68 Å². The van der Waals surface area contributed by atoms with Gasteiger partial charge in [-0.05, 0) is 36.5 Å². The van der Waals surface area contributed by atoms with Gasteiger partial charge >= 0.3 is 0 Å². The first-order valence-corrected chi connectivity index (χ1v) is 7.91. The van der Waals surface area contributed by atoms with Crippen molar-refractivity contribution in [2.24, 2.45) is 10.8 Å². The normalized spacial score (nSPS) is 23.8. The summed E-state index contributed by atoms with van der Waals surface area (Å²) < 4.78 is 1.89. The lowest BCUT2D eigenvalue weighted by atomic mass is 9.59. The molecule has 0 amide bonds. The van der Waals surface area contributed by atoms with E-state index in [1.54, 1.807) is 6.20 Å². The monoisotopic (exact) mass is 298 g/mol. The minimum Gasteiger partial charge on any atom is -0.383 e. The highest BCUT2D eigenvalue weighted by Crippen LogP contribution is 2.54. The van der Waals surface area contributed by atoms with Crippen LogP contribution in [0.25, 0.3) is 0 Å². The molecule has 4 heteroatoms. The van der Waals surface area contributed by atoms with Crippen molar-refractivity contribution >= 4 is 11.6 Å². The summed E-state index contributed by atoms with van der Waals surface area (Å²) in [5.41, 5.74) is 0.123. The summed E-state index contributed by atoms with van der Waals surface area (Å²) >= 11 is 6.35. The van der Waals surface area contributed by atoms with Gasteiger partial charge < -0.3 is 5.11 Å². The Balaban J connectivity index is 2.46. The van der Waals surface area contributed by atoms with Gasteiger partial charge in [0.2, 0.25) is 0 Å². The molecule has 0 saturated heterocycles. The molecule has 114 valence electrons. The molecule has 1 fully saturated rings. The molecule has 3 nitrogen and oxygen atoms in total. The van der Waals surface area contributed by atoms with Crippen molar-refractivity contribution in [3.63, 3.8) is 0 Å². The number of nitrogens with zero attached hydrogens (tertiary/aromatic N) is 2. The molecule has 1 aromatic heterocycles. The van der Waals surface area contributed by atoms with Gasteiger partial charge in [-0.15, -0.1) is 0 Å². The number of aryl methyl sites for hydroxylation is 1. The number of rotatable bonds is 3. The molecule has 20 heavy (non-hydrogen) atoms. The fraction of sp³-hybridized carbons (Fsp3) is 0.812. The quantitative estimate of drug-likeness (QED) is 0.900. The Hall–Kier alpha value is -0.540. The van der Waals surface area contributed by atoms with Crippen LogP contribution in [-0.4, -0.2) is 14.9 Å². The zero-order valence-corrected chi connectivity index (χ0v) is 14.1. The molecule has 1 aliphatic carbocycles. The molecule has 0 unspecified atom stereocenters. The molecule has 1 aromatic rings. The molecule has 1 heterocycles. The Bertz CT molecular complexity index is 475. The molecule has 0 atom stereocenters. The van der Waals surface area contributed by atoms with Crippen LogP contribution in [0.15, 0.2) is 6.20 Å². The maximum absolute atomic E-state index is 11.3. The molecule has 1 saturated carbocycles. The minimum absolute atomic E-state index is 0.0984. The summed E-state index contributed by atoms with van der Waals surface area (Å²) in [5, 5.41) is 16.3. The van der Waals surface area contributed by atoms with Crippen LogP contribution >= 0.6 is 11.6 Å². The van der Waals surface area contributed by atoms with Crippen molar-refractivity contribution < 1.29 is 5.11 Å². The molecular formula is C16H27ClN2O. The summed E-state index contributed by atoms with van der Waals surface area (Å²) in [4.78, 5) is 0. The first-order valence-electron chi connectivity index (χ1n) is 7.53. The average Bonchev–Trinajstić information content (AvgIpc) is 2.55. The van der Waals surface area contributed by atoms with E-state index in [1.165, 1.54) is 0 Å². The maximum atomic E-state index is 11.3. The van der Waals surface area contributed by atoms with E-state index in [9.17, 15) is 5.11 Å². The maximum Gasteiger partial charge on any atom is 0.109 e. The smallest absolute Gasteiger partial charge is 0.109 e. The van der Waals surface area contributed by atoms with Crippen LogP contribution in [-0.2, 0) is 12.1 Å². The van der Waals surface area contributed by atoms with Gasteiger partial charge in [-0.3, -0.25) is 4.68 Å². The van der Waals surface area contributed by atoms with E-state index in [0.717, 1.165) is 37.9 Å². The Labute approximate surface area is 127 Å². The van der Waals surface area contributed by atoms with Crippen LogP contribution in [0.4, 0.5) is 0 Å².